The zero-order valence-electron chi connectivity index (χ0n) is 6.15. The molecule has 1 aromatic heterocycles. The van der Waals surface area contributed by atoms with Crippen LogP contribution < -0.4 is 11.5 Å². The van der Waals surface area contributed by atoms with Crippen molar-refractivity contribution in [1.29, 1.82) is 0 Å². The van der Waals surface area contributed by atoms with Crippen LogP contribution in [-0.2, 0) is 0 Å². The molecule has 4 nitrogen and oxygen atoms in total. The van der Waals surface area contributed by atoms with Crippen LogP contribution in [0.25, 0.3) is 0 Å². The maximum atomic E-state index is 5.55. The summed E-state index contributed by atoms with van der Waals surface area (Å²) in [5.41, 5.74) is 10.9. The van der Waals surface area contributed by atoms with Gasteiger partial charge in [-0.3, -0.25) is 0 Å². The van der Waals surface area contributed by atoms with Crippen molar-refractivity contribution >= 4 is 28.2 Å². The molecule has 0 aliphatic carbocycles. The molecule has 0 saturated carbocycles. The Hall–Kier alpha value is -0.330. The normalized spacial score (nSPS) is 13.3. The van der Waals surface area contributed by atoms with E-state index in [-0.39, 0.29) is 6.04 Å². The summed E-state index contributed by atoms with van der Waals surface area (Å²) < 4.78 is 0.889. The molecule has 1 aromatic rings. The first-order chi connectivity index (χ1) is 5.18. The molecular formula is C5H10N4S2. The number of aromatic nitrogens is 2. The van der Waals surface area contributed by atoms with Gasteiger partial charge < -0.3 is 11.5 Å². The average molecular weight is 190 g/mol. The summed E-state index contributed by atoms with van der Waals surface area (Å²) >= 11 is 2.98. The minimum Gasteiger partial charge on any atom is -0.374 e. The SMILES string of the molecule is CC(N)CSc1nnc(N)s1. The van der Waals surface area contributed by atoms with E-state index >= 15 is 0 Å². The fourth-order valence-corrected chi connectivity index (χ4v) is 2.02. The molecule has 1 rings (SSSR count). The van der Waals surface area contributed by atoms with E-state index in [4.69, 9.17) is 11.5 Å². The van der Waals surface area contributed by atoms with Crippen molar-refractivity contribution in [3.8, 4) is 0 Å². The zero-order valence-corrected chi connectivity index (χ0v) is 7.78. The standard InChI is InChI=1S/C5H10N4S2/c1-3(6)2-10-5-9-8-4(7)11-5/h3H,2,6H2,1H3,(H2,7,8). The molecule has 1 atom stereocenters. The Morgan fingerprint density at radius 2 is 2.36 bits per heavy atom. The smallest absolute Gasteiger partial charge is 0.203 e. The molecule has 11 heavy (non-hydrogen) atoms. The topological polar surface area (TPSA) is 77.8 Å². The molecular weight excluding hydrogens is 180 g/mol. The van der Waals surface area contributed by atoms with Crippen molar-refractivity contribution < 1.29 is 0 Å². The summed E-state index contributed by atoms with van der Waals surface area (Å²) in [5, 5.41) is 8.03. The molecule has 1 heterocycles. The van der Waals surface area contributed by atoms with Crippen molar-refractivity contribution in [2.45, 2.75) is 17.3 Å². The van der Waals surface area contributed by atoms with Gasteiger partial charge in [-0.2, -0.15) is 0 Å². The predicted octanol–water partition coefficient (Wildman–Crippen LogP) is 0.560. The summed E-state index contributed by atoms with van der Waals surface area (Å²) in [6.45, 7) is 1.96. The van der Waals surface area contributed by atoms with E-state index in [2.05, 4.69) is 10.2 Å². The van der Waals surface area contributed by atoms with Gasteiger partial charge in [-0.05, 0) is 6.92 Å². The van der Waals surface area contributed by atoms with Gasteiger partial charge in [-0.25, -0.2) is 0 Å². The van der Waals surface area contributed by atoms with Crippen LogP contribution in [0, 0.1) is 0 Å². The Morgan fingerprint density at radius 3 is 2.82 bits per heavy atom. The third-order valence-corrected chi connectivity index (χ3v) is 3.06. The summed E-state index contributed by atoms with van der Waals surface area (Å²) in [4.78, 5) is 0. The lowest BCUT2D eigenvalue weighted by molar-refractivity contribution is 0.846. The number of rotatable bonds is 3. The van der Waals surface area contributed by atoms with Crippen LogP contribution in [0.2, 0.25) is 0 Å². The molecule has 0 bridgehead atoms. The summed E-state index contributed by atoms with van der Waals surface area (Å²) in [6.07, 6.45) is 0. The maximum absolute atomic E-state index is 5.55. The molecule has 4 N–H and O–H groups in total. The molecule has 0 aromatic carbocycles. The third-order valence-electron chi connectivity index (χ3n) is 0.892. The van der Waals surface area contributed by atoms with E-state index in [1.54, 1.807) is 11.8 Å². The highest BCUT2D eigenvalue weighted by Crippen LogP contribution is 2.23. The van der Waals surface area contributed by atoms with Crippen LogP contribution in [0.4, 0.5) is 5.13 Å². The van der Waals surface area contributed by atoms with Crippen LogP contribution in [0.5, 0.6) is 0 Å². The highest BCUT2D eigenvalue weighted by Gasteiger charge is 2.02. The van der Waals surface area contributed by atoms with Crippen molar-refractivity contribution in [3.05, 3.63) is 0 Å². The lowest BCUT2D eigenvalue weighted by atomic mass is 10.4. The van der Waals surface area contributed by atoms with Crippen LogP contribution in [-0.4, -0.2) is 22.0 Å². The van der Waals surface area contributed by atoms with Crippen LogP contribution in [0.3, 0.4) is 0 Å². The first-order valence-electron chi connectivity index (χ1n) is 3.16. The Bertz CT molecular complexity index is 222. The first-order valence-corrected chi connectivity index (χ1v) is 4.96. The second-order valence-electron chi connectivity index (χ2n) is 2.19. The van der Waals surface area contributed by atoms with Gasteiger partial charge in [0.15, 0.2) is 4.34 Å². The summed E-state index contributed by atoms with van der Waals surface area (Å²) in [5.74, 6) is 0.856. The molecule has 0 radical (unpaired) electrons. The number of nitrogens with zero attached hydrogens (tertiary/aromatic N) is 2. The Labute approximate surface area is 73.4 Å². The molecule has 0 aliphatic rings. The lowest BCUT2D eigenvalue weighted by Crippen LogP contribution is -2.17. The highest BCUT2D eigenvalue weighted by molar-refractivity contribution is 8.01. The molecule has 0 fully saturated rings. The summed E-state index contributed by atoms with van der Waals surface area (Å²) in [7, 11) is 0. The summed E-state index contributed by atoms with van der Waals surface area (Å²) in [6, 6.07) is 0.185. The average Bonchev–Trinajstić information content (AvgIpc) is 2.31. The molecule has 6 heteroatoms. The molecule has 0 amide bonds. The molecule has 0 aliphatic heterocycles. The fourth-order valence-electron chi connectivity index (χ4n) is 0.481. The van der Waals surface area contributed by atoms with Crippen LogP contribution >= 0.6 is 23.1 Å². The second-order valence-corrected chi connectivity index (χ2v) is 4.47. The van der Waals surface area contributed by atoms with Crippen LogP contribution in [0.1, 0.15) is 6.92 Å². The Kier molecular flexibility index (Phi) is 3.10. The molecule has 0 saturated heterocycles. The highest BCUT2D eigenvalue weighted by atomic mass is 32.2. The van der Waals surface area contributed by atoms with Gasteiger partial charge in [0, 0.05) is 11.8 Å². The van der Waals surface area contributed by atoms with E-state index < -0.39 is 0 Å². The van der Waals surface area contributed by atoms with Crippen molar-refractivity contribution in [2.24, 2.45) is 5.73 Å². The van der Waals surface area contributed by atoms with E-state index in [0.717, 1.165) is 10.1 Å². The van der Waals surface area contributed by atoms with E-state index in [9.17, 15) is 0 Å². The maximum Gasteiger partial charge on any atom is 0.203 e. The monoisotopic (exact) mass is 190 g/mol. The van der Waals surface area contributed by atoms with E-state index in [1.165, 1.54) is 11.3 Å². The lowest BCUT2D eigenvalue weighted by Gasteiger charge is -1.99. The number of hydrogen-bond acceptors (Lipinski definition) is 6. The zero-order chi connectivity index (χ0) is 8.27. The van der Waals surface area contributed by atoms with Gasteiger partial charge in [0.05, 0.1) is 0 Å². The Balaban J connectivity index is 2.39. The third kappa shape index (κ3) is 3.04. The van der Waals surface area contributed by atoms with Crippen molar-refractivity contribution in [2.75, 3.05) is 11.5 Å². The van der Waals surface area contributed by atoms with Gasteiger partial charge >= 0.3 is 0 Å². The number of nitrogens with two attached hydrogens (primary N) is 2. The van der Waals surface area contributed by atoms with E-state index in [0.29, 0.717) is 5.13 Å². The fraction of sp³-hybridized carbons (Fsp3) is 0.600. The molecule has 0 spiro atoms. The van der Waals surface area contributed by atoms with Gasteiger partial charge in [-0.1, -0.05) is 23.1 Å². The number of anilines is 1. The van der Waals surface area contributed by atoms with Gasteiger partial charge in [0.1, 0.15) is 0 Å². The van der Waals surface area contributed by atoms with Gasteiger partial charge in [-0.15, -0.1) is 10.2 Å². The minimum absolute atomic E-state index is 0.185. The number of nitrogen functional groups attached to an aromatic ring is 1. The van der Waals surface area contributed by atoms with Gasteiger partial charge in [0.2, 0.25) is 5.13 Å². The van der Waals surface area contributed by atoms with Crippen LogP contribution in [0.15, 0.2) is 4.34 Å². The largest absolute Gasteiger partial charge is 0.374 e. The second kappa shape index (κ2) is 3.89. The van der Waals surface area contributed by atoms with Gasteiger partial charge in [0.25, 0.3) is 0 Å². The minimum atomic E-state index is 0.185. The Morgan fingerprint density at radius 1 is 1.64 bits per heavy atom. The van der Waals surface area contributed by atoms with Crippen molar-refractivity contribution in [3.63, 3.8) is 0 Å². The molecule has 62 valence electrons. The quantitative estimate of drug-likeness (QED) is 0.681. The van der Waals surface area contributed by atoms with E-state index in [1.807, 2.05) is 6.92 Å². The number of thioether (sulfide) groups is 1. The van der Waals surface area contributed by atoms with Crippen molar-refractivity contribution in [1.82, 2.24) is 10.2 Å². The number of hydrogen-bond donors (Lipinski definition) is 2. The predicted molar refractivity (Wildman–Crippen MR) is 48.7 cm³/mol. The molecule has 1 unspecified atom stereocenters. The first kappa shape index (κ1) is 8.76.